The van der Waals surface area contributed by atoms with Crippen LogP contribution in [0.25, 0.3) is 22.6 Å². The van der Waals surface area contributed by atoms with Crippen LogP contribution in [-0.2, 0) is 0 Å². The van der Waals surface area contributed by atoms with E-state index in [1.807, 2.05) is 89.5 Å². The summed E-state index contributed by atoms with van der Waals surface area (Å²) in [5.74, 6) is 0.388. The Hall–Kier alpha value is -4.19. The third-order valence-electron chi connectivity index (χ3n) is 4.67. The molecule has 0 radical (unpaired) electrons. The van der Waals surface area contributed by atoms with Crippen molar-refractivity contribution in [3.8, 4) is 16.9 Å². The van der Waals surface area contributed by atoms with Crippen LogP contribution in [0, 0.1) is 0 Å². The van der Waals surface area contributed by atoms with E-state index in [9.17, 15) is 4.79 Å². The molecule has 0 aliphatic rings. The van der Waals surface area contributed by atoms with Gasteiger partial charge in [-0.15, -0.1) is 0 Å². The van der Waals surface area contributed by atoms with Crippen LogP contribution < -0.4 is 5.32 Å². The zero-order valence-electron chi connectivity index (χ0n) is 15.4. The molecule has 6 nitrogen and oxygen atoms in total. The van der Waals surface area contributed by atoms with Crippen LogP contribution in [0.1, 0.15) is 10.4 Å². The second-order valence-corrected chi connectivity index (χ2v) is 6.57. The van der Waals surface area contributed by atoms with Crippen LogP contribution in [0.15, 0.2) is 97.5 Å². The number of imidazole rings is 1. The van der Waals surface area contributed by atoms with Crippen LogP contribution in [0.5, 0.6) is 0 Å². The summed E-state index contributed by atoms with van der Waals surface area (Å²) >= 11 is 0. The van der Waals surface area contributed by atoms with Crippen LogP contribution in [-0.4, -0.2) is 25.1 Å². The first-order chi connectivity index (χ1) is 14.3. The smallest absolute Gasteiger partial charge is 0.260 e. The number of aromatic nitrogens is 4. The van der Waals surface area contributed by atoms with Crippen molar-refractivity contribution in [2.75, 3.05) is 5.32 Å². The summed E-state index contributed by atoms with van der Waals surface area (Å²) in [5, 5.41) is 7.33. The molecule has 0 aliphatic carbocycles. The van der Waals surface area contributed by atoms with E-state index >= 15 is 0 Å². The van der Waals surface area contributed by atoms with Crippen molar-refractivity contribution in [1.82, 2.24) is 19.2 Å². The Balaban J connectivity index is 1.52. The van der Waals surface area contributed by atoms with Gasteiger partial charge in [0.2, 0.25) is 0 Å². The summed E-state index contributed by atoms with van der Waals surface area (Å²) in [6.07, 6.45) is 5.17. The van der Waals surface area contributed by atoms with Crippen molar-refractivity contribution in [2.45, 2.75) is 0 Å². The molecule has 3 heterocycles. The van der Waals surface area contributed by atoms with E-state index in [4.69, 9.17) is 4.98 Å². The van der Waals surface area contributed by atoms with Gasteiger partial charge in [-0.25, -0.2) is 9.67 Å². The number of pyridine rings is 1. The third kappa shape index (κ3) is 3.17. The number of para-hydroxylation sites is 1. The Bertz CT molecular complexity index is 1290. The molecule has 0 aliphatic heterocycles. The van der Waals surface area contributed by atoms with E-state index in [0.717, 1.165) is 22.6 Å². The van der Waals surface area contributed by atoms with Crippen LogP contribution in [0.3, 0.4) is 0 Å². The van der Waals surface area contributed by atoms with Crippen molar-refractivity contribution < 1.29 is 4.79 Å². The van der Waals surface area contributed by atoms with Crippen LogP contribution in [0.4, 0.5) is 5.82 Å². The lowest BCUT2D eigenvalue weighted by atomic mass is 10.1. The van der Waals surface area contributed by atoms with Crippen molar-refractivity contribution in [3.63, 3.8) is 0 Å². The standard InChI is InChI=1S/C23H17N5O/c29-23(18-15-24-28(16-18)19-11-5-2-6-12-19)26-22-21(17-9-3-1-4-10-17)25-20-13-7-8-14-27(20)22/h1-16H,(H,26,29). The summed E-state index contributed by atoms with van der Waals surface area (Å²) < 4.78 is 3.56. The minimum Gasteiger partial charge on any atom is -0.306 e. The topological polar surface area (TPSA) is 64.2 Å². The van der Waals surface area contributed by atoms with Gasteiger partial charge in [0, 0.05) is 18.0 Å². The molecule has 140 valence electrons. The molecule has 5 rings (SSSR count). The minimum absolute atomic E-state index is 0.241. The van der Waals surface area contributed by atoms with Gasteiger partial charge in [-0.2, -0.15) is 5.10 Å². The first-order valence-corrected chi connectivity index (χ1v) is 9.23. The number of nitrogens with one attached hydrogen (secondary N) is 1. The fourth-order valence-corrected chi connectivity index (χ4v) is 3.25. The quantitative estimate of drug-likeness (QED) is 0.502. The van der Waals surface area contributed by atoms with Crippen molar-refractivity contribution in [3.05, 3.63) is 103 Å². The normalized spacial score (nSPS) is 10.9. The highest BCUT2D eigenvalue weighted by Crippen LogP contribution is 2.29. The van der Waals surface area contributed by atoms with Crippen molar-refractivity contribution in [1.29, 1.82) is 0 Å². The first kappa shape index (κ1) is 16.9. The van der Waals surface area contributed by atoms with E-state index in [2.05, 4.69) is 10.4 Å². The molecule has 1 amide bonds. The summed E-state index contributed by atoms with van der Waals surface area (Å²) in [4.78, 5) is 17.7. The van der Waals surface area contributed by atoms with Gasteiger partial charge in [-0.3, -0.25) is 9.20 Å². The highest BCUT2D eigenvalue weighted by atomic mass is 16.1. The molecule has 0 atom stereocenters. The molecule has 0 saturated heterocycles. The summed E-state index contributed by atoms with van der Waals surface area (Å²) in [7, 11) is 0. The molecular weight excluding hydrogens is 362 g/mol. The largest absolute Gasteiger partial charge is 0.306 e. The fourth-order valence-electron chi connectivity index (χ4n) is 3.25. The van der Waals surface area contributed by atoms with Crippen molar-refractivity contribution in [2.24, 2.45) is 0 Å². The van der Waals surface area contributed by atoms with E-state index in [-0.39, 0.29) is 5.91 Å². The number of hydrogen-bond donors (Lipinski definition) is 1. The molecule has 6 heteroatoms. The number of benzene rings is 2. The number of carbonyl (C=O) groups excluding carboxylic acids is 1. The summed E-state index contributed by atoms with van der Waals surface area (Å²) in [6.45, 7) is 0. The number of nitrogens with zero attached hydrogens (tertiary/aromatic N) is 4. The Labute approximate surface area is 167 Å². The van der Waals surface area contributed by atoms with Gasteiger partial charge >= 0.3 is 0 Å². The highest BCUT2D eigenvalue weighted by molar-refractivity contribution is 6.05. The van der Waals surface area contributed by atoms with Crippen LogP contribution in [0.2, 0.25) is 0 Å². The van der Waals surface area contributed by atoms with Gasteiger partial charge in [0.05, 0.1) is 17.4 Å². The van der Waals surface area contributed by atoms with E-state index in [0.29, 0.717) is 11.4 Å². The highest BCUT2D eigenvalue weighted by Gasteiger charge is 2.18. The first-order valence-electron chi connectivity index (χ1n) is 9.23. The van der Waals surface area contributed by atoms with Gasteiger partial charge in [-0.1, -0.05) is 54.6 Å². The second-order valence-electron chi connectivity index (χ2n) is 6.57. The average molecular weight is 379 g/mol. The molecule has 2 aromatic carbocycles. The maximum atomic E-state index is 13.0. The van der Waals surface area contributed by atoms with E-state index in [1.165, 1.54) is 0 Å². The number of anilines is 1. The maximum absolute atomic E-state index is 13.0. The number of carbonyl (C=O) groups is 1. The lowest BCUT2D eigenvalue weighted by Crippen LogP contribution is -2.13. The Morgan fingerprint density at radius 3 is 2.38 bits per heavy atom. The second kappa shape index (κ2) is 7.09. The Kier molecular flexibility index (Phi) is 4.14. The molecule has 0 fully saturated rings. The van der Waals surface area contributed by atoms with E-state index in [1.54, 1.807) is 17.1 Å². The number of hydrogen-bond acceptors (Lipinski definition) is 3. The zero-order chi connectivity index (χ0) is 19.6. The average Bonchev–Trinajstić information content (AvgIpc) is 3.41. The SMILES string of the molecule is O=C(Nc1c(-c2ccccc2)nc2ccccn12)c1cnn(-c2ccccc2)c1. The molecule has 29 heavy (non-hydrogen) atoms. The van der Waals surface area contributed by atoms with Gasteiger partial charge in [-0.05, 0) is 24.3 Å². The van der Waals surface area contributed by atoms with Crippen molar-refractivity contribution >= 4 is 17.4 Å². The fraction of sp³-hybridized carbons (Fsp3) is 0. The minimum atomic E-state index is -0.241. The summed E-state index contributed by atoms with van der Waals surface area (Å²) in [5.41, 5.74) is 3.79. The Morgan fingerprint density at radius 2 is 1.59 bits per heavy atom. The molecule has 0 unspecified atom stereocenters. The lowest BCUT2D eigenvalue weighted by molar-refractivity contribution is 0.102. The Morgan fingerprint density at radius 1 is 0.862 bits per heavy atom. The summed E-state index contributed by atoms with van der Waals surface area (Å²) in [6, 6.07) is 25.2. The molecule has 5 aromatic rings. The molecular formula is C23H17N5O. The zero-order valence-corrected chi connectivity index (χ0v) is 15.4. The molecule has 3 aromatic heterocycles. The predicted octanol–water partition coefficient (Wildman–Crippen LogP) is 4.44. The van der Waals surface area contributed by atoms with Crippen LogP contribution >= 0.6 is 0 Å². The van der Waals surface area contributed by atoms with Gasteiger partial charge < -0.3 is 5.32 Å². The molecule has 0 saturated carbocycles. The number of fused-ring (bicyclic) bond motifs is 1. The third-order valence-corrected chi connectivity index (χ3v) is 4.67. The molecule has 0 spiro atoms. The van der Waals surface area contributed by atoms with Gasteiger partial charge in [0.1, 0.15) is 17.2 Å². The van der Waals surface area contributed by atoms with Gasteiger partial charge in [0.15, 0.2) is 0 Å². The van der Waals surface area contributed by atoms with E-state index < -0.39 is 0 Å². The number of rotatable bonds is 4. The molecule has 1 N–H and O–H groups in total. The number of amides is 1. The molecule has 0 bridgehead atoms. The lowest BCUT2D eigenvalue weighted by Gasteiger charge is -2.07. The predicted molar refractivity (Wildman–Crippen MR) is 112 cm³/mol. The maximum Gasteiger partial charge on any atom is 0.260 e. The van der Waals surface area contributed by atoms with Gasteiger partial charge in [0.25, 0.3) is 5.91 Å². The monoisotopic (exact) mass is 379 g/mol.